The number of hydrogen-bond acceptors (Lipinski definition) is 7. The van der Waals surface area contributed by atoms with Crippen molar-refractivity contribution in [3.05, 3.63) is 23.3 Å². The Balaban J connectivity index is 1.76. The number of aromatic carboxylic acids is 1. The molecule has 1 aromatic rings. The van der Waals surface area contributed by atoms with Gasteiger partial charge < -0.3 is 35.2 Å². The van der Waals surface area contributed by atoms with Crippen LogP contribution in [0.3, 0.4) is 0 Å². The molecule has 0 aliphatic carbocycles. The number of likely N-dealkylation sites (tertiary alicyclic amines) is 1. The molecule has 1 saturated heterocycles. The Hall–Kier alpha value is -2.30. The number of nitrogens with two attached hydrogens (primary N) is 1. The topological polar surface area (TPSA) is 143 Å². The number of carboxylic acids is 1. The number of aryl methyl sites for hydroxylation is 1. The van der Waals surface area contributed by atoms with Gasteiger partial charge in [-0.1, -0.05) is 19.3 Å². The van der Waals surface area contributed by atoms with Crippen molar-refractivity contribution in [2.75, 3.05) is 13.1 Å². The summed E-state index contributed by atoms with van der Waals surface area (Å²) in [4.78, 5) is 25.6. The fraction of sp³-hybridized carbons (Fsp3) is 0.529. The van der Waals surface area contributed by atoms with Gasteiger partial charge >= 0.3 is 12.7 Å². The molecule has 5 N–H and O–H groups in total. The van der Waals surface area contributed by atoms with Gasteiger partial charge in [-0.25, -0.2) is 4.79 Å². The summed E-state index contributed by atoms with van der Waals surface area (Å²) in [5.74, 6) is -1.48. The lowest BCUT2D eigenvalue weighted by molar-refractivity contribution is -0.145. The van der Waals surface area contributed by atoms with Gasteiger partial charge in [0.05, 0.1) is 24.4 Å². The Morgan fingerprint density at radius 2 is 2.07 bits per heavy atom. The first kappa shape index (κ1) is 19.5. The van der Waals surface area contributed by atoms with E-state index in [4.69, 9.17) is 15.1 Å². The van der Waals surface area contributed by atoms with Gasteiger partial charge in [-0.15, -0.1) is 0 Å². The van der Waals surface area contributed by atoms with E-state index >= 15 is 0 Å². The monoisotopic (exact) mass is 379 g/mol. The summed E-state index contributed by atoms with van der Waals surface area (Å²) < 4.78 is 10.9. The zero-order valence-corrected chi connectivity index (χ0v) is 15.3. The SMILES string of the molecule is CC[C@@](C)(N)C(=O)N1CC(Oc2ccc3c(c2C(=O)O)O[B-](O)(O)CC3)C1. The van der Waals surface area contributed by atoms with E-state index in [2.05, 4.69) is 0 Å². The van der Waals surface area contributed by atoms with Crippen LogP contribution in [0.15, 0.2) is 12.1 Å². The van der Waals surface area contributed by atoms with Gasteiger partial charge in [0, 0.05) is 0 Å². The molecule has 1 atom stereocenters. The third-order valence-electron chi connectivity index (χ3n) is 5.16. The summed E-state index contributed by atoms with van der Waals surface area (Å²) >= 11 is 0. The van der Waals surface area contributed by atoms with E-state index in [0.717, 1.165) is 0 Å². The van der Waals surface area contributed by atoms with Crippen LogP contribution in [-0.4, -0.2) is 63.4 Å². The number of nitrogens with zero attached hydrogens (tertiary/aromatic N) is 1. The summed E-state index contributed by atoms with van der Waals surface area (Å²) in [7, 11) is 0. The van der Waals surface area contributed by atoms with E-state index in [9.17, 15) is 24.7 Å². The first-order valence-corrected chi connectivity index (χ1v) is 8.97. The van der Waals surface area contributed by atoms with E-state index in [1.165, 1.54) is 6.07 Å². The van der Waals surface area contributed by atoms with Crippen LogP contribution < -0.4 is 15.1 Å². The fourth-order valence-electron chi connectivity index (χ4n) is 3.20. The van der Waals surface area contributed by atoms with Gasteiger partial charge in [0.1, 0.15) is 17.4 Å². The van der Waals surface area contributed by atoms with Crippen LogP contribution in [0, 0.1) is 0 Å². The largest absolute Gasteiger partial charge is 0.669 e. The minimum atomic E-state index is -3.09. The maximum atomic E-state index is 12.3. The van der Waals surface area contributed by atoms with Crippen molar-refractivity contribution in [2.45, 2.75) is 44.7 Å². The Labute approximate surface area is 156 Å². The Morgan fingerprint density at radius 1 is 1.41 bits per heavy atom. The molecule has 2 aliphatic rings. The predicted octanol–water partition coefficient (Wildman–Crippen LogP) is -0.0398. The molecular formula is C17H24BN2O7-. The van der Waals surface area contributed by atoms with Gasteiger partial charge in [-0.05, 0) is 31.4 Å². The van der Waals surface area contributed by atoms with E-state index in [0.29, 0.717) is 31.5 Å². The van der Waals surface area contributed by atoms with Crippen molar-refractivity contribution in [1.29, 1.82) is 0 Å². The third-order valence-corrected chi connectivity index (χ3v) is 5.16. The van der Waals surface area contributed by atoms with E-state index < -0.39 is 18.3 Å². The molecule has 1 fully saturated rings. The summed E-state index contributed by atoms with van der Waals surface area (Å²) in [6, 6.07) is 3.18. The fourth-order valence-corrected chi connectivity index (χ4v) is 3.20. The molecule has 0 spiro atoms. The number of hydrogen-bond donors (Lipinski definition) is 4. The average Bonchev–Trinajstić information content (AvgIpc) is 2.55. The minimum absolute atomic E-state index is 0.00123. The van der Waals surface area contributed by atoms with E-state index in [-0.39, 0.29) is 35.4 Å². The molecule has 1 amide bonds. The molecule has 0 saturated carbocycles. The van der Waals surface area contributed by atoms with Crippen LogP contribution in [0.2, 0.25) is 6.32 Å². The van der Waals surface area contributed by atoms with Crippen LogP contribution >= 0.6 is 0 Å². The van der Waals surface area contributed by atoms with Crippen LogP contribution in [0.4, 0.5) is 0 Å². The molecule has 0 bridgehead atoms. The molecule has 1 aromatic carbocycles. The molecule has 2 aliphatic heterocycles. The minimum Gasteiger partial charge on any atom is -0.669 e. The predicted molar refractivity (Wildman–Crippen MR) is 96.6 cm³/mol. The normalized spacial score (nSPS) is 20.7. The molecule has 10 heteroatoms. The number of amides is 1. The number of carbonyl (C=O) groups excluding carboxylic acids is 1. The second-order valence-electron chi connectivity index (χ2n) is 7.47. The van der Waals surface area contributed by atoms with Gasteiger partial charge in [0.25, 0.3) is 0 Å². The summed E-state index contributed by atoms with van der Waals surface area (Å²) in [5, 5.41) is 29.1. The van der Waals surface area contributed by atoms with Crippen LogP contribution in [-0.2, 0) is 11.2 Å². The first-order valence-electron chi connectivity index (χ1n) is 8.97. The lowest BCUT2D eigenvalue weighted by atomic mass is 9.70. The smallest absolute Gasteiger partial charge is 0.430 e. The van der Waals surface area contributed by atoms with E-state index in [1.54, 1.807) is 17.9 Å². The van der Waals surface area contributed by atoms with Crippen molar-refractivity contribution >= 4 is 18.6 Å². The maximum Gasteiger partial charge on any atom is 0.430 e. The quantitative estimate of drug-likeness (QED) is 0.522. The average molecular weight is 379 g/mol. The van der Waals surface area contributed by atoms with Crippen LogP contribution in [0.5, 0.6) is 11.5 Å². The van der Waals surface area contributed by atoms with Crippen LogP contribution in [0.1, 0.15) is 36.2 Å². The van der Waals surface area contributed by atoms with E-state index in [1.807, 2.05) is 6.92 Å². The van der Waals surface area contributed by atoms with Gasteiger partial charge in [-0.2, -0.15) is 0 Å². The van der Waals surface area contributed by atoms with Gasteiger partial charge in [0.15, 0.2) is 0 Å². The zero-order valence-electron chi connectivity index (χ0n) is 15.3. The molecule has 9 nitrogen and oxygen atoms in total. The Bertz CT molecular complexity index is 775. The summed E-state index contributed by atoms with van der Waals surface area (Å²) in [6.07, 6.45) is 0.423. The summed E-state index contributed by atoms with van der Waals surface area (Å²) in [5.41, 5.74) is 5.35. The highest BCUT2D eigenvalue weighted by Gasteiger charge is 2.40. The lowest BCUT2D eigenvalue weighted by Crippen LogP contribution is -2.63. The van der Waals surface area contributed by atoms with Crippen molar-refractivity contribution in [2.24, 2.45) is 5.73 Å². The Kier molecular flexibility index (Phi) is 4.83. The first-order chi connectivity index (χ1) is 12.5. The number of benzene rings is 1. The van der Waals surface area contributed by atoms with Crippen LogP contribution in [0.25, 0.3) is 0 Å². The standard InChI is InChI=1S/C17H24BN2O7/c1-3-17(2,19)16(23)20-8-11(9-20)26-12-5-4-10-6-7-18(24,25)27-14(10)13(12)15(21)22/h4-5,11,24-25H,3,6-9,19H2,1-2H3,(H,21,22)/q-1/t17-/m1/s1. The molecule has 0 unspecified atom stereocenters. The molecule has 0 aromatic heterocycles. The molecule has 2 heterocycles. The second-order valence-corrected chi connectivity index (χ2v) is 7.47. The van der Waals surface area contributed by atoms with Crippen molar-refractivity contribution < 1.29 is 34.1 Å². The number of carboxylic acid groups (broad SMARTS) is 1. The summed E-state index contributed by atoms with van der Waals surface area (Å²) in [6.45, 7) is 1.02. The molecular weight excluding hydrogens is 355 g/mol. The van der Waals surface area contributed by atoms with Crippen molar-refractivity contribution in [3.8, 4) is 11.5 Å². The zero-order chi connectivity index (χ0) is 20.0. The Morgan fingerprint density at radius 3 is 2.67 bits per heavy atom. The lowest BCUT2D eigenvalue weighted by Gasteiger charge is -2.43. The molecule has 0 radical (unpaired) electrons. The number of ether oxygens (including phenoxy) is 1. The number of carbonyl (C=O) groups is 2. The highest BCUT2D eigenvalue weighted by molar-refractivity contribution is 6.59. The van der Waals surface area contributed by atoms with Crippen molar-refractivity contribution in [1.82, 2.24) is 4.90 Å². The maximum absolute atomic E-state index is 12.3. The number of rotatable bonds is 5. The molecule has 148 valence electrons. The number of fused-ring (bicyclic) bond motifs is 1. The highest BCUT2D eigenvalue weighted by Crippen LogP contribution is 2.39. The second kappa shape index (κ2) is 6.70. The van der Waals surface area contributed by atoms with Gasteiger partial charge in [0.2, 0.25) is 5.91 Å². The third kappa shape index (κ3) is 3.73. The molecule has 27 heavy (non-hydrogen) atoms. The van der Waals surface area contributed by atoms with Crippen molar-refractivity contribution in [3.63, 3.8) is 0 Å². The molecule has 3 rings (SSSR count). The van der Waals surface area contributed by atoms with Gasteiger partial charge in [-0.3, -0.25) is 4.79 Å². The highest BCUT2D eigenvalue weighted by atomic mass is 16.6.